The Bertz CT molecular complexity index is 328. The van der Waals surface area contributed by atoms with Crippen LogP contribution in [0.15, 0.2) is 30.3 Å². The molecule has 0 saturated heterocycles. The fraction of sp³-hybridized carbons (Fsp3) is 0.462. The summed E-state index contributed by atoms with van der Waals surface area (Å²) >= 11 is 0. The number of esters is 1. The summed E-state index contributed by atoms with van der Waals surface area (Å²) in [6.45, 7) is 3.74. The van der Waals surface area contributed by atoms with Crippen LogP contribution < -0.4 is 0 Å². The van der Waals surface area contributed by atoms with Crippen LogP contribution in [0.4, 0.5) is 0 Å². The highest BCUT2D eigenvalue weighted by Crippen LogP contribution is 2.29. The van der Waals surface area contributed by atoms with Crippen LogP contribution in [0.2, 0.25) is 0 Å². The van der Waals surface area contributed by atoms with Crippen molar-refractivity contribution >= 4 is 5.97 Å². The van der Waals surface area contributed by atoms with Crippen LogP contribution in [0, 0.1) is 0 Å². The van der Waals surface area contributed by atoms with Crippen molar-refractivity contribution in [1.29, 1.82) is 0 Å². The van der Waals surface area contributed by atoms with Crippen LogP contribution in [0.25, 0.3) is 0 Å². The number of carbonyl (C=O) groups excluding carboxylic acids is 1. The van der Waals surface area contributed by atoms with Crippen molar-refractivity contribution < 1.29 is 14.6 Å². The van der Waals surface area contributed by atoms with E-state index in [4.69, 9.17) is 4.74 Å². The molecular formula is C13H18O3. The Kier molecular flexibility index (Phi) is 4.50. The van der Waals surface area contributed by atoms with Crippen molar-refractivity contribution in [2.24, 2.45) is 0 Å². The molecule has 0 aliphatic rings. The maximum Gasteiger partial charge on any atom is 0.318 e. The van der Waals surface area contributed by atoms with Crippen molar-refractivity contribution in [2.75, 3.05) is 13.2 Å². The highest BCUT2D eigenvalue weighted by molar-refractivity contribution is 5.83. The van der Waals surface area contributed by atoms with Gasteiger partial charge in [-0.15, -0.1) is 0 Å². The number of ether oxygens (including phenoxy) is 1. The monoisotopic (exact) mass is 222 g/mol. The van der Waals surface area contributed by atoms with E-state index in [0.717, 1.165) is 5.56 Å². The normalized spacial score (nSPS) is 14.2. The van der Waals surface area contributed by atoms with Crippen molar-refractivity contribution in [1.82, 2.24) is 0 Å². The maximum atomic E-state index is 11.9. The molecule has 0 aromatic heterocycles. The van der Waals surface area contributed by atoms with Gasteiger partial charge in [-0.05, 0) is 18.9 Å². The minimum absolute atomic E-state index is 0.230. The third kappa shape index (κ3) is 2.25. The van der Waals surface area contributed by atoms with Gasteiger partial charge in [0.1, 0.15) is 5.41 Å². The predicted molar refractivity (Wildman–Crippen MR) is 62.1 cm³/mol. The summed E-state index contributed by atoms with van der Waals surface area (Å²) in [7, 11) is 0. The molecule has 0 saturated carbocycles. The van der Waals surface area contributed by atoms with E-state index in [1.807, 2.05) is 37.3 Å². The number of hydrogen-bond donors (Lipinski definition) is 1. The van der Waals surface area contributed by atoms with Gasteiger partial charge in [0, 0.05) is 0 Å². The molecule has 1 N–H and O–H groups in total. The lowest BCUT2D eigenvalue weighted by molar-refractivity contribution is -0.152. The molecule has 88 valence electrons. The third-order valence-corrected chi connectivity index (χ3v) is 2.87. The van der Waals surface area contributed by atoms with Crippen LogP contribution in [0.5, 0.6) is 0 Å². The van der Waals surface area contributed by atoms with Crippen LogP contribution in [0.1, 0.15) is 25.8 Å². The zero-order valence-electron chi connectivity index (χ0n) is 9.77. The smallest absolute Gasteiger partial charge is 0.318 e. The first kappa shape index (κ1) is 12.7. The Balaban J connectivity index is 3.10. The summed E-state index contributed by atoms with van der Waals surface area (Å²) in [4.78, 5) is 11.9. The van der Waals surface area contributed by atoms with E-state index in [-0.39, 0.29) is 12.6 Å². The Morgan fingerprint density at radius 3 is 2.38 bits per heavy atom. The van der Waals surface area contributed by atoms with Crippen molar-refractivity contribution in [3.63, 3.8) is 0 Å². The van der Waals surface area contributed by atoms with Gasteiger partial charge in [0.25, 0.3) is 0 Å². The average molecular weight is 222 g/mol. The second-order valence-electron chi connectivity index (χ2n) is 3.68. The first-order chi connectivity index (χ1) is 7.71. The standard InChI is InChI=1S/C13H18O3/c1-3-13(10-14,12(15)16-4-2)11-8-6-5-7-9-11/h5-9,14H,3-4,10H2,1-2H3/t13-/m1/s1. The Hall–Kier alpha value is -1.35. The summed E-state index contributed by atoms with van der Waals surface area (Å²) in [6.07, 6.45) is 0.520. The van der Waals surface area contributed by atoms with Crippen LogP contribution >= 0.6 is 0 Å². The van der Waals surface area contributed by atoms with Gasteiger partial charge in [-0.1, -0.05) is 37.3 Å². The van der Waals surface area contributed by atoms with Gasteiger partial charge in [-0.25, -0.2) is 0 Å². The van der Waals surface area contributed by atoms with Gasteiger partial charge in [-0.3, -0.25) is 4.79 Å². The van der Waals surface area contributed by atoms with Gasteiger partial charge in [0.2, 0.25) is 0 Å². The summed E-state index contributed by atoms with van der Waals surface area (Å²) in [5.41, 5.74) is -0.115. The third-order valence-electron chi connectivity index (χ3n) is 2.87. The molecule has 1 rings (SSSR count). The summed E-state index contributed by atoms with van der Waals surface area (Å²) < 4.78 is 5.04. The molecule has 0 spiro atoms. The summed E-state index contributed by atoms with van der Waals surface area (Å²) in [6, 6.07) is 9.28. The molecule has 3 heteroatoms. The quantitative estimate of drug-likeness (QED) is 0.774. The molecule has 0 amide bonds. The minimum Gasteiger partial charge on any atom is -0.465 e. The van der Waals surface area contributed by atoms with Crippen LogP contribution in [-0.2, 0) is 14.9 Å². The number of carbonyl (C=O) groups is 1. The van der Waals surface area contributed by atoms with Gasteiger partial charge in [-0.2, -0.15) is 0 Å². The Morgan fingerprint density at radius 2 is 1.94 bits per heavy atom. The lowest BCUT2D eigenvalue weighted by Crippen LogP contribution is -2.40. The molecular weight excluding hydrogens is 204 g/mol. The van der Waals surface area contributed by atoms with Gasteiger partial charge < -0.3 is 9.84 Å². The van der Waals surface area contributed by atoms with E-state index in [1.54, 1.807) is 6.92 Å². The fourth-order valence-electron chi connectivity index (χ4n) is 1.76. The van der Waals surface area contributed by atoms with E-state index in [0.29, 0.717) is 13.0 Å². The molecule has 0 heterocycles. The molecule has 0 radical (unpaired) electrons. The van der Waals surface area contributed by atoms with Crippen molar-refractivity contribution in [3.8, 4) is 0 Å². The number of aliphatic hydroxyl groups excluding tert-OH is 1. The number of aliphatic hydroxyl groups is 1. The molecule has 0 fully saturated rings. The number of hydrogen-bond acceptors (Lipinski definition) is 3. The number of benzene rings is 1. The van der Waals surface area contributed by atoms with Gasteiger partial charge >= 0.3 is 5.97 Å². The average Bonchev–Trinajstić information content (AvgIpc) is 2.33. The van der Waals surface area contributed by atoms with E-state index >= 15 is 0 Å². The van der Waals surface area contributed by atoms with Crippen LogP contribution in [0.3, 0.4) is 0 Å². The highest BCUT2D eigenvalue weighted by atomic mass is 16.5. The molecule has 0 unspecified atom stereocenters. The second kappa shape index (κ2) is 5.66. The molecule has 1 aromatic carbocycles. The zero-order chi connectivity index (χ0) is 12.0. The van der Waals surface area contributed by atoms with E-state index in [9.17, 15) is 9.90 Å². The molecule has 0 bridgehead atoms. The summed E-state index contributed by atoms with van der Waals surface area (Å²) in [5.74, 6) is -0.355. The second-order valence-corrected chi connectivity index (χ2v) is 3.68. The zero-order valence-corrected chi connectivity index (χ0v) is 9.77. The summed E-state index contributed by atoms with van der Waals surface area (Å²) in [5, 5.41) is 9.53. The molecule has 1 atom stereocenters. The molecule has 0 aliphatic heterocycles. The lowest BCUT2D eigenvalue weighted by atomic mass is 9.79. The SMILES string of the molecule is CCOC(=O)[C@](CC)(CO)c1ccccc1. The molecule has 1 aromatic rings. The maximum absolute atomic E-state index is 11.9. The molecule has 16 heavy (non-hydrogen) atoms. The van der Waals surface area contributed by atoms with E-state index in [1.165, 1.54) is 0 Å². The number of rotatable bonds is 5. The first-order valence-electron chi connectivity index (χ1n) is 5.55. The van der Waals surface area contributed by atoms with E-state index < -0.39 is 5.41 Å². The fourth-order valence-corrected chi connectivity index (χ4v) is 1.76. The Labute approximate surface area is 96.1 Å². The molecule has 0 aliphatic carbocycles. The first-order valence-corrected chi connectivity index (χ1v) is 5.55. The predicted octanol–water partition coefficient (Wildman–Crippen LogP) is 1.89. The minimum atomic E-state index is -0.919. The van der Waals surface area contributed by atoms with Crippen LogP contribution in [-0.4, -0.2) is 24.3 Å². The van der Waals surface area contributed by atoms with Crippen molar-refractivity contribution in [2.45, 2.75) is 25.7 Å². The van der Waals surface area contributed by atoms with Crippen molar-refractivity contribution in [3.05, 3.63) is 35.9 Å². The van der Waals surface area contributed by atoms with Gasteiger partial charge in [0.15, 0.2) is 0 Å². The topological polar surface area (TPSA) is 46.5 Å². The van der Waals surface area contributed by atoms with E-state index in [2.05, 4.69) is 0 Å². The highest BCUT2D eigenvalue weighted by Gasteiger charge is 2.39. The Morgan fingerprint density at radius 1 is 1.31 bits per heavy atom. The lowest BCUT2D eigenvalue weighted by Gasteiger charge is -2.28. The van der Waals surface area contributed by atoms with Gasteiger partial charge in [0.05, 0.1) is 13.2 Å². The largest absolute Gasteiger partial charge is 0.465 e. The molecule has 3 nitrogen and oxygen atoms in total.